The van der Waals surface area contributed by atoms with Gasteiger partial charge in [0.05, 0.1) is 12.5 Å². The molecule has 3 unspecified atom stereocenters. The summed E-state index contributed by atoms with van der Waals surface area (Å²) >= 11 is 0. The van der Waals surface area contributed by atoms with Crippen molar-refractivity contribution in [2.75, 3.05) is 39.8 Å². The lowest BCUT2D eigenvalue weighted by Gasteiger charge is -2.46. The third-order valence-electron chi connectivity index (χ3n) is 7.27. The Morgan fingerprint density at radius 1 is 1.21 bits per heavy atom. The van der Waals surface area contributed by atoms with Gasteiger partial charge in [0.25, 0.3) is 0 Å². The number of phenolic OH excluding ortho intramolecular Hbond substituents is 1. The third kappa shape index (κ3) is 6.38. The van der Waals surface area contributed by atoms with E-state index in [1.165, 1.54) is 4.90 Å². The number of carbonyl (C=O) groups is 2. The molecule has 0 aliphatic carbocycles. The predicted octanol–water partition coefficient (Wildman–Crippen LogP) is 3.87. The lowest BCUT2D eigenvalue weighted by molar-refractivity contribution is -0.149. The number of amides is 1. The van der Waals surface area contributed by atoms with E-state index in [4.69, 9.17) is 4.74 Å². The maximum atomic E-state index is 13.4. The Balaban J connectivity index is 1.72. The highest BCUT2D eigenvalue weighted by Gasteiger charge is 2.39. The summed E-state index contributed by atoms with van der Waals surface area (Å²) in [7, 11) is 1.68. The van der Waals surface area contributed by atoms with Crippen molar-refractivity contribution >= 4 is 11.9 Å². The Morgan fingerprint density at radius 2 is 1.94 bits per heavy atom. The molecule has 0 aromatic heterocycles. The highest BCUT2D eigenvalue weighted by Crippen LogP contribution is 2.40. The first-order valence-electron chi connectivity index (χ1n) is 12.2. The van der Waals surface area contributed by atoms with Gasteiger partial charge >= 0.3 is 5.97 Å². The van der Waals surface area contributed by atoms with E-state index < -0.39 is 0 Å². The molecular formula is C28H38N2O4. The van der Waals surface area contributed by atoms with Crippen molar-refractivity contribution in [2.45, 2.75) is 39.0 Å². The minimum Gasteiger partial charge on any atom is -0.508 e. The van der Waals surface area contributed by atoms with Crippen LogP contribution < -0.4 is 0 Å². The van der Waals surface area contributed by atoms with Gasteiger partial charge in [-0.15, -0.1) is 0 Å². The summed E-state index contributed by atoms with van der Waals surface area (Å²) in [4.78, 5) is 29.2. The fourth-order valence-corrected chi connectivity index (χ4v) is 5.00. The molecule has 0 spiro atoms. The first kappa shape index (κ1) is 25.8. The Kier molecular flexibility index (Phi) is 8.72. The third-order valence-corrected chi connectivity index (χ3v) is 7.27. The number of nitrogens with zero attached hydrogens (tertiary/aromatic N) is 2. The van der Waals surface area contributed by atoms with E-state index in [9.17, 15) is 14.7 Å². The topological polar surface area (TPSA) is 70.1 Å². The van der Waals surface area contributed by atoms with Crippen LogP contribution in [0.1, 0.15) is 38.3 Å². The van der Waals surface area contributed by atoms with Gasteiger partial charge in [-0.3, -0.25) is 9.59 Å². The molecule has 184 valence electrons. The van der Waals surface area contributed by atoms with E-state index in [-0.39, 0.29) is 29.8 Å². The second-order valence-corrected chi connectivity index (χ2v) is 9.76. The van der Waals surface area contributed by atoms with Gasteiger partial charge in [0.15, 0.2) is 0 Å². The Labute approximate surface area is 203 Å². The van der Waals surface area contributed by atoms with E-state index in [2.05, 4.69) is 24.8 Å². The summed E-state index contributed by atoms with van der Waals surface area (Å²) in [5.41, 5.74) is 2.24. The monoisotopic (exact) mass is 466 g/mol. The molecule has 3 rings (SSSR count). The van der Waals surface area contributed by atoms with Gasteiger partial charge in [-0.25, -0.2) is 0 Å². The number of likely N-dealkylation sites (tertiary alicyclic amines) is 1. The van der Waals surface area contributed by atoms with E-state index in [1.54, 1.807) is 20.0 Å². The lowest BCUT2D eigenvalue weighted by atomic mass is 9.68. The number of piperidine rings is 1. The normalized spacial score (nSPS) is 21.6. The maximum absolute atomic E-state index is 13.4. The van der Waals surface area contributed by atoms with Gasteiger partial charge in [-0.1, -0.05) is 56.3 Å². The number of esters is 1. The molecule has 2 aromatic rings. The van der Waals surface area contributed by atoms with Crippen molar-refractivity contribution in [1.82, 2.24) is 9.80 Å². The molecule has 1 aliphatic heterocycles. The number of likely N-dealkylation sites (N-methyl/N-ethyl adjacent to an activating group) is 1. The van der Waals surface area contributed by atoms with Crippen LogP contribution in [-0.2, 0) is 26.2 Å². The van der Waals surface area contributed by atoms with Crippen LogP contribution in [0.4, 0.5) is 0 Å². The number of benzene rings is 2. The molecule has 1 aliphatic rings. The molecule has 0 bridgehead atoms. The summed E-state index contributed by atoms with van der Waals surface area (Å²) in [6.07, 6.45) is 1.57. The van der Waals surface area contributed by atoms with E-state index >= 15 is 0 Å². The minimum atomic E-state index is -0.384. The van der Waals surface area contributed by atoms with Gasteiger partial charge in [0, 0.05) is 20.1 Å². The van der Waals surface area contributed by atoms with E-state index in [1.807, 2.05) is 42.5 Å². The number of ether oxygens (including phenoxy) is 1. The molecule has 34 heavy (non-hydrogen) atoms. The molecule has 0 radical (unpaired) electrons. The molecule has 1 heterocycles. The minimum absolute atomic E-state index is 0.0329. The second-order valence-electron chi connectivity index (χ2n) is 9.76. The molecule has 6 nitrogen and oxygen atoms in total. The molecule has 6 heteroatoms. The molecule has 1 N–H and O–H groups in total. The number of carbonyl (C=O) groups excluding carboxylic acids is 2. The van der Waals surface area contributed by atoms with Crippen LogP contribution in [0.25, 0.3) is 0 Å². The van der Waals surface area contributed by atoms with Crippen molar-refractivity contribution in [3.63, 3.8) is 0 Å². The first-order valence-corrected chi connectivity index (χ1v) is 12.2. The summed E-state index contributed by atoms with van der Waals surface area (Å²) in [6, 6.07) is 17.6. The Hall–Kier alpha value is -2.86. The highest BCUT2D eigenvalue weighted by atomic mass is 16.5. The van der Waals surface area contributed by atoms with Gasteiger partial charge in [-0.2, -0.15) is 0 Å². The molecule has 1 amide bonds. The van der Waals surface area contributed by atoms with Gasteiger partial charge in [-0.05, 0) is 60.9 Å². The maximum Gasteiger partial charge on any atom is 0.325 e. The number of aromatic hydroxyl groups is 1. The highest BCUT2D eigenvalue weighted by molar-refractivity contribution is 5.83. The summed E-state index contributed by atoms with van der Waals surface area (Å²) in [6.45, 7) is 8.92. The molecular weight excluding hydrogens is 428 g/mol. The predicted molar refractivity (Wildman–Crippen MR) is 134 cm³/mol. The van der Waals surface area contributed by atoms with Crippen LogP contribution in [0, 0.1) is 11.8 Å². The van der Waals surface area contributed by atoms with Crippen LogP contribution in [0.3, 0.4) is 0 Å². The summed E-state index contributed by atoms with van der Waals surface area (Å²) in [5.74, 6) is -0.0189. The molecule has 1 fully saturated rings. The molecule has 1 saturated heterocycles. The molecule has 0 saturated carbocycles. The summed E-state index contributed by atoms with van der Waals surface area (Å²) < 4.78 is 5.04. The first-order chi connectivity index (χ1) is 16.2. The lowest BCUT2D eigenvalue weighted by Crippen LogP contribution is -2.50. The summed E-state index contributed by atoms with van der Waals surface area (Å²) in [5, 5.41) is 9.98. The van der Waals surface area contributed by atoms with Crippen molar-refractivity contribution in [1.29, 1.82) is 0 Å². The van der Waals surface area contributed by atoms with Gasteiger partial charge < -0.3 is 19.6 Å². The van der Waals surface area contributed by atoms with Crippen LogP contribution >= 0.6 is 0 Å². The number of rotatable bonds is 9. The zero-order chi connectivity index (χ0) is 24.7. The van der Waals surface area contributed by atoms with Crippen LogP contribution in [-0.4, -0.2) is 66.6 Å². The van der Waals surface area contributed by atoms with Crippen molar-refractivity contribution in [3.8, 4) is 5.75 Å². The van der Waals surface area contributed by atoms with Gasteiger partial charge in [0.2, 0.25) is 5.91 Å². The van der Waals surface area contributed by atoms with Crippen molar-refractivity contribution in [3.05, 3.63) is 65.7 Å². The quantitative estimate of drug-likeness (QED) is 0.568. The van der Waals surface area contributed by atoms with Gasteiger partial charge in [0.1, 0.15) is 12.3 Å². The van der Waals surface area contributed by atoms with E-state index in [0.29, 0.717) is 31.2 Å². The zero-order valence-electron chi connectivity index (χ0n) is 20.9. The average Bonchev–Trinajstić information content (AvgIpc) is 2.81. The van der Waals surface area contributed by atoms with Crippen LogP contribution in [0.5, 0.6) is 5.75 Å². The molecule has 2 aromatic carbocycles. The Morgan fingerprint density at radius 3 is 2.59 bits per heavy atom. The zero-order valence-corrected chi connectivity index (χ0v) is 20.9. The van der Waals surface area contributed by atoms with Crippen LogP contribution in [0.2, 0.25) is 0 Å². The largest absolute Gasteiger partial charge is 0.508 e. The fourth-order valence-electron chi connectivity index (χ4n) is 5.00. The standard InChI is InChI=1S/C28H38N2O4/c1-5-34-26(32)20-29(4)27(33)23(16-22-10-7-6-8-11-22)19-30-15-14-28(3,21(2)18-30)24-12-9-13-25(31)17-24/h6-13,17,21,23,31H,5,14-16,18-20H2,1-4H3. The van der Waals surface area contributed by atoms with Crippen LogP contribution in [0.15, 0.2) is 54.6 Å². The fraction of sp³-hybridized carbons (Fsp3) is 0.500. The number of hydrogen-bond acceptors (Lipinski definition) is 5. The number of hydrogen-bond donors (Lipinski definition) is 1. The van der Waals surface area contributed by atoms with E-state index in [0.717, 1.165) is 30.6 Å². The smallest absolute Gasteiger partial charge is 0.325 e. The molecule has 3 atom stereocenters. The Bertz CT molecular complexity index is 964. The second kappa shape index (κ2) is 11.5. The van der Waals surface area contributed by atoms with Crippen molar-refractivity contribution in [2.24, 2.45) is 11.8 Å². The van der Waals surface area contributed by atoms with Crippen molar-refractivity contribution < 1.29 is 19.4 Å². The average molecular weight is 467 g/mol. The SMILES string of the molecule is CCOC(=O)CN(C)C(=O)C(Cc1ccccc1)CN1CCC(C)(c2cccc(O)c2)C(C)C1. The number of phenols is 1.